The van der Waals surface area contributed by atoms with Gasteiger partial charge in [-0.05, 0) is 53.8 Å². The Balaban J connectivity index is 2.31. The lowest BCUT2D eigenvalue weighted by atomic mass is 10.3. The number of nitrogens with zero attached hydrogens (tertiary/aromatic N) is 2. The van der Waals surface area contributed by atoms with Gasteiger partial charge in [0.05, 0.1) is 0 Å². The third-order valence-corrected chi connectivity index (χ3v) is 2.73. The van der Waals surface area contributed by atoms with E-state index < -0.39 is 5.97 Å². The van der Waals surface area contributed by atoms with Gasteiger partial charge in [0.1, 0.15) is 5.75 Å². The average molecular weight is 356 g/mol. The molecule has 6 heteroatoms. The van der Waals surface area contributed by atoms with Crippen molar-refractivity contribution >= 4 is 28.6 Å². The number of hydrogen-bond donors (Lipinski definition) is 1. The number of carboxylic acid groups (broad SMARTS) is 1. The normalized spacial score (nSPS) is 10.1. The van der Waals surface area contributed by atoms with E-state index in [-0.39, 0.29) is 11.7 Å². The predicted molar refractivity (Wildman–Crippen MR) is 73.0 cm³/mol. The van der Waals surface area contributed by atoms with Crippen LogP contribution in [-0.2, 0) is 0 Å². The molecule has 0 saturated carbocycles. The molecule has 5 nitrogen and oxygen atoms in total. The van der Waals surface area contributed by atoms with E-state index in [2.05, 4.69) is 32.6 Å². The van der Waals surface area contributed by atoms with Crippen molar-refractivity contribution in [1.82, 2.24) is 9.97 Å². The van der Waals surface area contributed by atoms with Crippen molar-refractivity contribution in [3.05, 3.63) is 45.3 Å². The molecule has 0 aliphatic heterocycles. The van der Waals surface area contributed by atoms with Crippen LogP contribution in [0.3, 0.4) is 0 Å². The van der Waals surface area contributed by atoms with Crippen molar-refractivity contribution in [2.24, 2.45) is 0 Å². The summed E-state index contributed by atoms with van der Waals surface area (Å²) in [5, 5.41) is 8.90. The molecule has 1 N–H and O–H groups in total. The number of aryl methyl sites for hydroxylation is 1. The van der Waals surface area contributed by atoms with E-state index >= 15 is 0 Å². The summed E-state index contributed by atoms with van der Waals surface area (Å²) in [6.45, 7) is 1.69. The molecule has 0 atom stereocenters. The Bertz CT molecular complexity index is 602. The van der Waals surface area contributed by atoms with Gasteiger partial charge in [-0.15, -0.1) is 0 Å². The summed E-state index contributed by atoms with van der Waals surface area (Å²) in [5.74, 6) is -0.531. The number of carboxylic acids is 1. The zero-order chi connectivity index (χ0) is 13.1. The van der Waals surface area contributed by atoms with Gasteiger partial charge in [-0.25, -0.2) is 9.78 Å². The first-order chi connectivity index (χ1) is 8.54. The third-order valence-electron chi connectivity index (χ3n) is 2.06. The first-order valence-corrected chi connectivity index (χ1v) is 6.15. The molecule has 18 heavy (non-hydrogen) atoms. The van der Waals surface area contributed by atoms with Gasteiger partial charge in [0, 0.05) is 9.26 Å². The minimum atomic E-state index is -1.10. The van der Waals surface area contributed by atoms with E-state index in [4.69, 9.17) is 9.84 Å². The molecule has 0 fully saturated rings. The number of aromatic carboxylic acids is 1. The Labute approximate surface area is 117 Å². The average Bonchev–Trinajstić information content (AvgIpc) is 2.28. The van der Waals surface area contributed by atoms with Crippen molar-refractivity contribution in [2.45, 2.75) is 6.92 Å². The van der Waals surface area contributed by atoms with Gasteiger partial charge in [-0.2, -0.15) is 4.98 Å². The maximum Gasteiger partial charge on any atom is 0.354 e. The summed E-state index contributed by atoms with van der Waals surface area (Å²) in [5.41, 5.74) is 0.464. The van der Waals surface area contributed by atoms with Gasteiger partial charge < -0.3 is 9.84 Å². The van der Waals surface area contributed by atoms with E-state index in [1.807, 2.05) is 18.2 Å². The minimum Gasteiger partial charge on any atom is -0.477 e. The van der Waals surface area contributed by atoms with E-state index in [0.717, 1.165) is 3.57 Å². The Kier molecular flexibility index (Phi) is 3.75. The fraction of sp³-hybridized carbons (Fsp3) is 0.0833. The fourth-order valence-corrected chi connectivity index (χ4v) is 1.85. The fourth-order valence-electron chi connectivity index (χ4n) is 1.33. The van der Waals surface area contributed by atoms with Gasteiger partial charge in [0.15, 0.2) is 5.69 Å². The standard InChI is InChI=1S/C12H9IN2O3/c1-7-5-10(11(16)17)15-12(14-7)18-9-4-2-3-8(13)6-9/h2-6H,1H3,(H,16,17). The summed E-state index contributed by atoms with van der Waals surface area (Å²) < 4.78 is 6.45. The van der Waals surface area contributed by atoms with E-state index in [1.165, 1.54) is 6.07 Å². The zero-order valence-electron chi connectivity index (χ0n) is 9.42. The summed E-state index contributed by atoms with van der Waals surface area (Å²) in [6, 6.07) is 8.76. The van der Waals surface area contributed by atoms with E-state index in [9.17, 15) is 4.79 Å². The molecule has 2 aromatic rings. The van der Waals surface area contributed by atoms with Gasteiger partial charge in [0.2, 0.25) is 0 Å². The molecule has 0 unspecified atom stereocenters. The summed E-state index contributed by atoms with van der Waals surface area (Å²) in [6.07, 6.45) is 0. The molecular weight excluding hydrogens is 347 g/mol. The topological polar surface area (TPSA) is 72.3 Å². The van der Waals surface area contributed by atoms with Crippen LogP contribution in [0.25, 0.3) is 0 Å². The smallest absolute Gasteiger partial charge is 0.354 e. The Morgan fingerprint density at radius 2 is 2.11 bits per heavy atom. The van der Waals surface area contributed by atoms with Crippen LogP contribution in [0.5, 0.6) is 11.8 Å². The number of hydrogen-bond acceptors (Lipinski definition) is 4. The number of benzene rings is 1. The number of ether oxygens (including phenoxy) is 1. The number of halogens is 1. The molecule has 1 aromatic heterocycles. The van der Waals surface area contributed by atoms with E-state index in [1.54, 1.807) is 13.0 Å². The molecule has 0 aliphatic carbocycles. The molecule has 1 heterocycles. The first kappa shape index (κ1) is 12.7. The molecule has 0 bridgehead atoms. The lowest BCUT2D eigenvalue weighted by Gasteiger charge is -2.05. The largest absolute Gasteiger partial charge is 0.477 e. The molecule has 1 aromatic carbocycles. The number of rotatable bonds is 3. The van der Waals surface area contributed by atoms with Crippen molar-refractivity contribution < 1.29 is 14.6 Å². The predicted octanol–water partition coefficient (Wildman–Crippen LogP) is 2.88. The van der Waals surface area contributed by atoms with Gasteiger partial charge >= 0.3 is 12.0 Å². The highest BCUT2D eigenvalue weighted by molar-refractivity contribution is 14.1. The third kappa shape index (κ3) is 3.16. The van der Waals surface area contributed by atoms with Crippen LogP contribution in [0.15, 0.2) is 30.3 Å². The molecule has 0 amide bonds. The van der Waals surface area contributed by atoms with Crippen molar-refractivity contribution in [3.8, 4) is 11.8 Å². The van der Waals surface area contributed by atoms with Crippen LogP contribution in [0.1, 0.15) is 16.2 Å². The van der Waals surface area contributed by atoms with Crippen LogP contribution in [0, 0.1) is 10.5 Å². The van der Waals surface area contributed by atoms with Crippen LogP contribution in [0.4, 0.5) is 0 Å². The number of aromatic nitrogens is 2. The zero-order valence-corrected chi connectivity index (χ0v) is 11.6. The lowest BCUT2D eigenvalue weighted by Crippen LogP contribution is -2.04. The highest BCUT2D eigenvalue weighted by Crippen LogP contribution is 2.20. The summed E-state index contributed by atoms with van der Waals surface area (Å²) >= 11 is 2.16. The summed E-state index contributed by atoms with van der Waals surface area (Å²) in [7, 11) is 0. The van der Waals surface area contributed by atoms with Gasteiger partial charge in [-0.3, -0.25) is 0 Å². The Hall–Kier alpha value is -1.70. The van der Waals surface area contributed by atoms with Crippen LogP contribution < -0.4 is 4.74 Å². The van der Waals surface area contributed by atoms with Crippen molar-refractivity contribution in [2.75, 3.05) is 0 Å². The second kappa shape index (κ2) is 5.30. The lowest BCUT2D eigenvalue weighted by molar-refractivity contribution is 0.0689. The Morgan fingerprint density at radius 1 is 1.33 bits per heavy atom. The Morgan fingerprint density at radius 3 is 2.78 bits per heavy atom. The maximum atomic E-state index is 10.9. The second-order valence-corrected chi connectivity index (χ2v) is 4.79. The van der Waals surface area contributed by atoms with Crippen LogP contribution >= 0.6 is 22.6 Å². The monoisotopic (exact) mass is 356 g/mol. The van der Waals surface area contributed by atoms with Gasteiger partial charge in [0.25, 0.3) is 0 Å². The van der Waals surface area contributed by atoms with Gasteiger partial charge in [-0.1, -0.05) is 6.07 Å². The summed E-state index contributed by atoms with van der Waals surface area (Å²) in [4.78, 5) is 18.7. The molecular formula is C12H9IN2O3. The quantitative estimate of drug-likeness (QED) is 0.857. The minimum absolute atomic E-state index is 0.0365. The molecule has 2 rings (SSSR count). The molecule has 0 radical (unpaired) electrons. The SMILES string of the molecule is Cc1cc(C(=O)O)nc(Oc2cccc(I)c2)n1. The van der Waals surface area contributed by atoms with Crippen LogP contribution in [-0.4, -0.2) is 21.0 Å². The molecule has 0 aliphatic rings. The van der Waals surface area contributed by atoms with E-state index in [0.29, 0.717) is 11.4 Å². The molecule has 0 saturated heterocycles. The highest BCUT2D eigenvalue weighted by atomic mass is 127. The maximum absolute atomic E-state index is 10.9. The van der Waals surface area contributed by atoms with Crippen molar-refractivity contribution in [3.63, 3.8) is 0 Å². The van der Waals surface area contributed by atoms with Crippen LogP contribution in [0.2, 0.25) is 0 Å². The van der Waals surface area contributed by atoms with Crippen molar-refractivity contribution in [1.29, 1.82) is 0 Å². The number of carbonyl (C=O) groups is 1. The second-order valence-electron chi connectivity index (χ2n) is 3.54. The highest BCUT2D eigenvalue weighted by Gasteiger charge is 2.10. The first-order valence-electron chi connectivity index (χ1n) is 5.07. The molecule has 0 spiro atoms. The molecule has 92 valence electrons.